The minimum atomic E-state index is 0.222. The molecule has 2 nitrogen and oxygen atoms in total. The molecule has 0 atom stereocenters. The Bertz CT molecular complexity index is 315. The summed E-state index contributed by atoms with van der Waals surface area (Å²) >= 11 is 6.19. The summed E-state index contributed by atoms with van der Waals surface area (Å²) in [5, 5.41) is 0. The number of thioether (sulfide) groups is 1. The summed E-state index contributed by atoms with van der Waals surface area (Å²) in [4.78, 5) is 14.1. The molecule has 0 bridgehead atoms. The lowest BCUT2D eigenvalue weighted by Gasteiger charge is -2.00. The molecule has 0 unspecified atom stereocenters. The van der Waals surface area contributed by atoms with Crippen LogP contribution in [0, 0.1) is 0 Å². The Morgan fingerprint density at radius 1 is 1.60 bits per heavy atom. The van der Waals surface area contributed by atoms with Gasteiger partial charge in [0.05, 0.1) is 0 Å². The van der Waals surface area contributed by atoms with E-state index in [0.717, 1.165) is 11.7 Å². The van der Waals surface area contributed by atoms with E-state index in [2.05, 4.69) is 29.6 Å². The Kier molecular flexibility index (Phi) is 5.73. The van der Waals surface area contributed by atoms with Crippen molar-refractivity contribution in [3.63, 3.8) is 0 Å². The zero-order chi connectivity index (χ0) is 11.1. The van der Waals surface area contributed by atoms with Gasteiger partial charge in [0, 0.05) is 17.3 Å². The summed E-state index contributed by atoms with van der Waals surface area (Å²) in [5.41, 5.74) is 1.44. The van der Waals surface area contributed by atoms with Crippen molar-refractivity contribution in [1.29, 1.82) is 0 Å². The number of carbonyl (C=O) groups excluding carboxylic acids is 1. The third kappa shape index (κ3) is 4.67. The van der Waals surface area contributed by atoms with Crippen LogP contribution < -0.4 is 0 Å². The molecule has 4 heteroatoms. The quantitative estimate of drug-likeness (QED) is 0.463. The molecule has 0 spiro atoms. The van der Waals surface area contributed by atoms with Crippen LogP contribution in [0.5, 0.6) is 0 Å². The number of aromatic nitrogens is 1. The van der Waals surface area contributed by atoms with Gasteiger partial charge in [0.15, 0.2) is 0 Å². The van der Waals surface area contributed by atoms with E-state index in [1.54, 1.807) is 0 Å². The Hall–Kier alpha value is -0.540. The number of hydrogen-bond donors (Lipinski definition) is 0. The van der Waals surface area contributed by atoms with Crippen molar-refractivity contribution in [2.24, 2.45) is 0 Å². The van der Waals surface area contributed by atoms with Crippen LogP contribution in [-0.4, -0.2) is 16.5 Å². The number of rotatable bonds is 3. The molecule has 1 fully saturated rings. The van der Waals surface area contributed by atoms with Gasteiger partial charge >= 0.3 is 0 Å². The van der Waals surface area contributed by atoms with Crippen molar-refractivity contribution in [3.8, 4) is 0 Å². The first-order valence-electron chi connectivity index (χ1n) is 4.93. The number of halogens is 1. The van der Waals surface area contributed by atoms with Crippen LogP contribution in [0.1, 0.15) is 31.2 Å². The lowest BCUT2D eigenvalue weighted by Crippen LogP contribution is -1.83. The molecule has 1 saturated carbocycles. The first-order valence-corrected chi connectivity index (χ1v) is 6.35. The predicted octanol–water partition coefficient (Wildman–Crippen LogP) is 3.49. The Morgan fingerprint density at radius 2 is 2.27 bits per heavy atom. The third-order valence-corrected chi connectivity index (χ3v) is 2.94. The highest BCUT2D eigenvalue weighted by atomic mass is 35.5. The molecule has 0 N–H and O–H groups in total. The predicted molar refractivity (Wildman–Crippen MR) is 65.2 cm³/mol. The standard InChI is InChI=1S/C10H13NS.CHClO/c1-2-12-10-5-9(6-11-7-10)8-3-4-8;2-1-3/h5-8H,2-4H2,1H3;1H. The molecule has 0 aromatic carbocycles. The van der Waals surface area contributed by atoms with Crippen LogP contribution in [-0.2, 0) is 4.79 Å². The molecule has 82 valence electrons. The van der Waals surface area contributed by atoms with Gasteiger partial charge in [0.1, 0.15) is 0 Å². The van der Waals surface area contributed by atoms with Crippen LogP contribution >= 0.6 is 23.4 Å². The van der Waals surface area contributed by atoms with Crippen LogP contribution in [0.3, 0.4) is 0 Å². The van der Waals surface area contributed by atoms with Crippen LogP contribution in [0.4, 0.5) is 0 Å². The second-order valence-corrected chi connectivity index (χ2v) is 4.77. The summed E-state index contributed by atoms with van der Waals surface area (Å²) in [6.45, 7) is 2.18. The molecular weight excluding hydrogens is 230 g/mol. The van der Waals surface area contributed by atoms with Crippen LogP contribution in [0.2, 0.25) is 0 Å². The lowest BCUT2D eigenvalue weighted by atomic mass is 10.2. The molecule has 1 aromatic heterocycles. The van der Waals surface area contributed by atoms with Gasteiger partial charge in [-0.15, -0.1) is 11.8 Å². The molecule has 1 heterocycles. The molecule has 15 heavy (non-hydrogen) atoms. The summed E-state index contributed by atoms with van der Waals surface area (Å²) < 4.78 is 0. The minimum Gasteiger partial charge on any atom is -0.285 e. The van der Waals surface area contributed by atoms with E-state index in [1.165, 1.54) is 23.3 Å². The van der Waals surface area contributed by atoms with Crippen molar-refractivity contribution >= 4 is 29.1 Å². The average molecular weight is 244 g/mol. The minimum absolute atomic E-state index is 0.222. The highest BCUT2D eigenvalue weighted by molar-refractivity contribution is 7.99. The highest BCUT2D eigenvalue weighted by Gasteiger charge is 2.23. The molecule has 0 saturated heterocycles. The lowest BCUT2D eigenvalue weighted by molar-refractivity contribution is 0.569. The second kappa shape index (κ2) is 6.85. The van der Waals surface area contributed by atoms with Gasteiger partial charge in [0.2, 0.25) is 5.75 Å². The van der Waals surface area contributed by atoms with Gasteiger partial charge in [-0.2, -0.15) is 0 Å². The van der Waals surface area contributed by atoms with E-state index in [4.69, 9.17) is 4.79 Å². The van der Waals surface area contributed by atoms with E-state index in [1.807, 2.05) is 24.2 Å². The summed E-state index contributed by atoms with van der Waals surface area (Å²) in [5.74, 6) is 2.19. The van der Waals surface area contributed by atoms with Gasteiger partial charge in [-0.1, -0.05) is 6.92 Å². The van der Waals surface area contributed by atoms with E-state index >= 15 is 0 Å². The SMILES string of the molecule is CCSc1cncc(C2CC2)c1.O=CCl. The fourth-order valence-corrected chi connectivity index (χ4v) is 2.01. The topological polar surface area (TPSA) is 30.0 Å². The third-order valence-electron chi connectivity index (χ3n) is 2.09. The van der Waals surface area contributed by atoms with E-state index in [0.29, 0.717) is 0 Å². The summed E-state index contributed by atoms with van der Waals surface area (Å²) in [6, 6.07) is 2.29. The van der Waals surface area contributed by atoms with Crippen molar-refractivity contribution < 1.29 is 4.79 Å². The van der Waals surface area contributed by atoms with Gasteiger partial charge in [0.25, 0.3) is 0 Å². The monoisotopic (exact) mass is 243 g/mol. The van der Waals surface area contributed by atoms with Gasteiger partial charge in [-0.05, 0) is 47.7 Å². The van der Waals surface area contributed by atoms with Gasteiger partial charge in [-0.3, -0.25) is 9.78 Å². The fraction of sp³-hybridized carbons (Fsp3) is 0.455. The fourth-order valence-electron chi connectivity index (χ4n) is 1.32. The molecular formula is C11H14ClNOS. The van der Waals surface area contributed by atoms with E-state index < -0.39 is 0 Å². The number of pyridine rings is 1. The Labute approximate surface area is 99.4 Å². The molecule has 0 radical (unpaired) electrons. The van der Waals surface area contributed by atoms with Gasteiger partial charge in [-0.25, -0.2) is 0 Å². The maximum Gasteiger partial charge on any atom is 0.208 e. The van der Waals surface area contributed by atoms with Crippen molar-refractivity contribution in [1.82, 2.24) is 4.98 Å². The number of carbonyl (C=O) groups is 1. The first kappa shape index (κ1) is 12.5. The zero-order valence-corrected chi connectivity index (χ0v) is 10.2. The molecule has 1 aromatic rings. The zero-order valence-electron chi connectivity index (χ0n) is 8.65. The largest absolute Gasteiger partial charge is 0.285 e. The molecule has 0 amide bonds. The van der Waals surface area contributed by atoms with Crippen molar-refractivity contribution in [3.05, 3.63) is 24.0 Å². The number of nitrogens with zero attached hydrogens (tertiary/aromatic N) is 1. The normalized spacial score (nSPS) is 14.0. The van der Waals surface area contributed by atoms with E-state index in [9.17, 15) is 0 Å². The molecule has 2 rings (SSSR count). The molecule has 1 aliphatic rings. The Morgan fingerprint density at radius 3 is 2.80 bits per heavy atom. The van der Waals surface area contributed by atoms with Crippen molar-refractivity contribution in [2.75, 3.05) is 5.75 Å². The van der Waals surface area contributed by atoms with E-state index in [-0.39, 0.29) is 5.75 Å². The maximum atomic E-state index is 8.57. The Balaban J connectivity index is 0.000000337. The maximum absolute atomic E-state index is 8.57. The second-order valence-electron chi connectivity index (χ2n) is 3.25. The molecule has 1 aliphatic carbocycles. The van der Waals surface area contributed by atoms with Crippen molar-refractivity contribution in [2.45, 2.75) is 30.6 Å². The number of hydrogen-bond acceptors (Lipinski definition) is 3. The van der Waals surface area contributed by atoms with Gasteiger partial charge < -0.3 is 0 Å². The molecule has 0 aliphatic heterocycles. The van der Waals surface area contributed by atoms with Crippen LogP contribution in [0.15, 0.2) is 23.4 Å². The summed E-state index contributed by atoms with van der Waals surface area (Å²) in [6.07, 6.45) is 6.70. The average Bonchev–Trinajstić information content (AvgIpc) is 3.03. The first-order chi connectivity index (χ1) is 7.31. The smallest absolute Gasteiger partial charge is 0.208 e. The van der Waals surface area contributed by atoms with Crippen LogP contribution in [0.25, 0.3) is 0 Å². The highest BCUT2D eigenvalue weighted by Crippen LogP contribution is 2.40. The summed E-state index contributed by atoms with van der Waals surface area (Å²) in [7, 11) is 0.